The second kappa shape index (κ2) is 6.46. The van der Waals surface area contributed by atoms with E-state index in [9.17, 15) is 4.79 Å². The number of halogens is 1. The average molecular weight is 342 g/mol. The molecule has 0 aromatic heterocycles. The third-order valence-corrected chi connectivity index (χ3v) is 5.17. The lowest BCUT2D eigenvalue weighted by Gasteiger charge is -2.43. The van der Waals surface area contributed by atoms with E-state index in [2.05, 4.69) is 16.3 Å². The van der Waals surface area contributed by atoms with Gasteiger partial charge in [-0.1, -0.05) is 41.9 Å². The number of rotatable bonds is 3. The Kier molecular flexibility index (Phi) is 4.17. The van der Waals surface area contributed by atoms with E-state index >= 15 is 0 Å². The standard InChI is InChI=1S/C19H20ClN3O/c20-16-6-4-5-14(9-16)10-22-11-15-12-23(13-18(15)22)19(24)21-17-7-2-1-3-8-17/h1-9,15,18H,10-13H2,(H,21,24)/t15-,18+/m0/s1. The quantitative estimate of drug-likeness (QED) is 0.924. The molecule has 0 spiro atoms. The number of hydrogen-bond acceptors (Lipinski definition) is 2. The first-order valence-corrected chi connectivity index (χ1v) is 8.66. The molecule has 2 aromatic carbocycles. The fourth-order valence-corrected chi connectivity index (χ4v) is 3.90. The first-order chi connectivity index (χ1) is 11.7. The summed E-state index contributed by atoms with van der Waals surface area (Å²) in [5.41, 5.74) is 2.07. The van der Waals surface area contributed by atoms with Gasteiger partial charge in [-0.25, -0.2) is 4.79 Å². The molecule has 0 saturated carbocycles. The number of carbonyl (C=O) groups is 1. The van der Waals surface area contributed by atoms with Gasteiger partial charge in [-0.2, -0.15) is 0 Å². The van der Waals surface area contributed by atoms with Gasteiger partial charge in [-0.15, -0.1) is 0 Å². The molecule has 2 aliphatic rings. The van der Waals surface area contributed by atoms with E-state index in [1.807, 2.05) is 53.4 Å². The van der Waals surface area contributed by atoms with Crippen LogP contribution in [-0.4, -0.2) is 41.5 Å². The molecule has 2 aliphatic heterocycles. The Hall–Kier alpha value is -2.04. The molecule has 124 valence electrons. The van der Waals surface area contributed by atoms with Gasteiger partial charge in [0.05, 0.1) is 0 Å². The molecular weight excluding hydrogens is 322 g/mol. The van der Waals surface area contributed by atoms with Gasteiger partial charge in [0, 0.05) is 48.8 Å². The molecule has 2 fully saturated rings. The highest BCUT2D eigenvalue weighted by atomic mass is 35.5. The molecule has 24 heavy (non-hydrogen) atoms. The van der Waals surface area contributed by atoms with Crippen LogP contribution < -0.4 is 5.32 Å². The van der Waals surface area contributed by atoms with Gasteiger partial charge < -0.3 is 10.2 Å². The highest BCUT2D eigenvalue weighted by Gasteiger charge is 2.46. The topological polar surface area (TPSA) is 35.6 Å². The van der Waals surface area contributed by atoms with Gasteiger partial charge >= 0.3 is 6.03 Å². The minimum Gasteiger partial charge on any atom is -0.323 e. The predicted octanol–water partition coefficient (Wildman–Crippen LogP) is 3.69. The van der Waals surface area contributed by atoms with Gasteiger partial charge in [-0.05, 0) is 29.8 Å². The summed E-state index contributed by atoms with van der Waals surface area (Å²) in [5, 5.41) is 3.75. The molecule has 2 saturated heterocycles. The first-order valence-electron chi connectivity index (χ1n) is 8.28. The van der Waals surface area contributed by atoms with E-state index in [0.717, 1.165) is 36.9 Å². The minimum atomic E-state index is -0.00157. The van der Waals surface area contributed by atoms with E-state index in [0.29, 0.717) is 12.0 Å². The number of amides is 2. The molecule has 2 atom stereocenters. The SMILES string of the molecule is O=C(Nc1ccccc1)N1C[C@@H]2CN(Cc3cccc(Cl)c3)[C@@H]2C1. The van der Waals surface area contributed by atoms with Crippen LogP contribution in [0.4, 0.5) is 10.5 Å². The molecule has 2 aromatic rings. The minimum absolute atomic E-state index is 0.00157. The van der Waals surface area contributed by atoms with Crippen molar-refractivity contribution >= 4 is 23.3 Å². The van der Waals surface area contributed by atoms with E-state index in [1.54, 1.807) is 0 Å². The fraction of sp³-hybridized carbons (Fsp3) is 0.316. The van der Waals surface area contributed by atoms with Crippen molar-refractivity contribution in [1.29, 1.82) is 0 Å². The summed E-state index contributed by atoms with van der Waals surface area (Å²) in [6.07, 6.45) is 0. The lowest BCUT2D eigenvalue weighted by Crippen LogP contribution is -2.54. The maximum absolute atomic E-state index is 12.4. The van der Waals surface area contributed by atoms with Crippen LogP contribution in [0.5, 0.6) is 0 Å². The van der Waals surface area contributed by atoms with Crippen molar-refractivity contribution in [2.75, 3.05) is 25.0 Å². The number of hydrogen-bond donors (Lipinski definition) is 1. The van der Waals surface area contributed by atoms with Crippen molar-refractivity contribution in [3.05, 3.63) is 65.2 Å². The number of urea groups is 1. The molecule has 2 amide bonds. The Labute approximate surface area is 147 Å². The van der Waals surface area contributed by atoms with E-state index in [-0.39, 0.29) is 6.03 Å². The number of benzene rings is 2. The number of anilines is 1. The van der Waals surface area contributed by atoms with Crippen molar-refractivity contribution < 1.29 is 4.79 Å². The fourth-order valence-electron chi connectivity index (χ4n) is 3.69. The largest absolute Gasteiger partial charge is 0.323 e. The first kappa shape index (κ1) is 15.5. The van der Waals surface area contributed by atoms with Crippen molar-refractivity contribution in [3.8, 4) is 0 Å². The predicted molar refractivity (Wildman–Crippen MR) is 96.2 cm³/mol. The maximum Gasteiger partial charge on any atom is 0.321 e. The van der Waals surface area contributed by atoms with Gasteiger partial charge in [0.15, 0.2) is 0 Å². The zero-order valence-corrected chi connectivity index (χ0v) is 14.1. The van der Waals surface area contributed by atoms with Crippen molar-refractivity contribution in [3.63, 3.8) is 0 Å². The smallest absolute Gasteiger partial charge is 0.321 e. The summed E-state index contributed by atoms with van der Waals surface area (Å²) in [6.45, 7) is 3.58. The van der Waals surface area contributed by atoms with Gasteiger partial charge in [0.2, 0.25) is 0 Å². The van der Waals surface area contributed by atoms with Crippen LogP contribution in [0.3, 0.4) is 0 Å². The van der Waals surface area contributed by atoms with E-state index in [4.69, 9.17) is 11.6 Å². The number of nitrogens with zero attached hydrogens (tertiary/aromatic N) is 2. The monoisotopic (exact) mass is 341 g/mol. The van der Waals surface area contributed by atoms with Crippen LogP contribution in [0, 0.1) is 5.92 Å². The molecule has 2 heterocycles. The molecule has 4 nitrogen and oxygen atoms in total. The second-order valence-electron chi connectivity index (χ2n) is 6.59. The Morgan fingerprint density at radius 3 is 2.71 bits per heavy atom. The van der Waals surface area contributed by atoms with E-state index in [1.165, 1.54) is 5.56 Å². The molecule has 1 N–H and O–H groups in total. The Morgan fingerprint density at radius 2 is 1.92 bits per heavy atom. The zero-order chi connectivity index (χ0) is 16.5. The third kappa shape index (κ3) is 3.12. The highest BCUT2D eigenvalue weighted by Crippen LogP contribution is 2.34. The normalized spacial score (nSPS) is 22.8. The number of carbonyl (C=O) groups excluding carboxylic acids is 1. The summed E-state index contributed by atoms with van der Waals surface area (Å²) in [5.74, 6) is 0.589. The van der Waals surface area contributed by atoms with Gasteiger partial charge in [0.25, 0.3) is 0 Å². The lowest BCUT2D eigenvalue weighted by molar-refractivity contribution is 0.0435. The molecule has 4 rings (SSSR count). The molecule has 0 aliphatic carbocycles. The Morgan fingerprint density at radius 1 is 1.08 bits per heavy atom. The van der Waals surface area contributed by atoms with Crippen molar-refractivity contribution in [2.45, 2.75) is 12.6 Å². The van der Waals surface area contributed by atoms with Gasteiger partial charge in [0.1, 0.15) is 0 Å². The number of para-hydroxylation sites is 1. The summed E-state index contributed by atoms with van der Waals surface area (Å²) in [7, 11) is 0. The maximum atomic E-state index is 12.4. The Bertz CT molecular complexity index is 736. The lowest BCUT2D eigenvalue weighted by atomic mass is 9.91. The third-order valence-electron chi connectivity index (χ3n) is 4.93. The molecule has 0 bridgehead atoms. The van der Waals surface area contributed by atoms with Crippen molar-refractivity contribution in [1.82, 2.24) is 9.80 Å². The van der Waals surface area contributed by atoms with Crippen molar-refractivity contribution in [2.24, 2.45) is 5.92 Å². The zero-order valence-electron chi connectivity index (χ0n) is 13.4. The summed E-state index contributed by atoms with van der Waals surface area (Å²) < 4.78 is 0. The van der Waals surface area contributed by atoms with Crippen LogP contribution in [0.15, 0.2) is 54.6 Å². The molecule has 0 radical (unpaired) electrons. The number of likely N-dealkylation sites (tertiary alicyclic amines) is 2. The van der Waals surface area contributed by atoms with E-state index < -0.39 is 0 Å². The van der Waals surface area contributed by atoms with Crippen LogP contribution >= 0.6 is 11.6 Å². The Balaban J connectivity index is 1.34. The number of fused-ring (bicyclic) bond motifs is 1. The summed E-state index contributed by atoms with van der Waals surface area (Å²) in [6, 6.07) is 18.1. The molecule has 5 heteroatoms. The van der Waals surface area contributed by atoms with Crippen LogP contribution in [0.2, 0.25) is 5.02 Å². The average Bonchev–Trinajstić information content (AvgIpc) is 2.91. The number of nitrogens with one attached hydrogen (secondary N) is 1. The highest BCUT2D eigenvalue weighted by molar-refractivity contribution is 6.30. The summed E-state index contributed by atoms with van der Waals surface area (Å²) >= 11 is 6.06. The second-order valence-corrected chi connectivity index (χ2v) is 7.02. The molecular formula is C19H20ClN3O. The van der Waals surface area contributed by atoms with Crippen LogP contribution in [-0.2, 0) is 6.54 Å². The molecule has 0 unspecified atom stereocenters. The summed E-state index contributed by atoms with van der Waals surface area (Å²) in [4.78, 5) is 16.8. The van der Waals surface area contributed by atoms with Gasteiger partial charge in [-0.3, -0.25) is 4.90 Å². The van der Waals surface area contributed by atoms with Crippen LogP contribution in [0.25, 0.3) is 0 Å². The van der Waals surface area contributed by atoms with Crippen LogP contribution in [0.1, 0.15) is 5.56 Å².